The molecule has 2 amide bonds. The molecule has 0 aliphatic heterocycles. The molecule has 0 spiro atoms. The first kappa shape index (κ1) is 26.7. The predicted octanol–water partition coefficient (Wildman–Crippen LogP) is 5.69. The molecule has 0 fully saturated rings. The van der Waals surface area contributed by atoms with Gasteiger partial charge in [-0.1, -0.05) is 37.6 Å². The van der Waals surface area contributed by atoms with Gasteiger partial charge in [-0.2, -0.15) is 0 Å². The summed E-state index contributed by atoms with van der Waals surface area (Å²) in [6, 6.07) is 18.2. The molecule has 0 aliphatic carbocycles. The van der Waals surface area contributed by atoms with Gasteiger partial charge in [0, 0.05) is 24.5 Å². The molecule has 0 radical (unpaired) electrons. The number of nitrogens with one attached hydrogen (secondary N) is 2. The van der Waals surface area contributed by atoms with E-state index in [0.717, 1.165) is 24.0 Å². The maximum absolute atomic E-state index is 13.1. The normalized spacial score (nSPS) is 11.9. The van der Waals surface area contributed by atoms with Crippen LogP contribution in [0.5, 0.6) is 5.75 Å². The summed E-state index contributed by atoms with van der Waals surface area (Å²) < 4.78 is 11.2. The molecule has 0 aliphatic rings. The SMILES string of the molecule is CCCc1ccc(NC(=O)[C@H](Cc2ccc(OCc3ccncc3)cc2)NC(=O)OC(C)(C)C)cc1. The highest BCUT2D eigenvalue weighted by molar-refractivity contribution is 5.96. The molecular weight excluding hydrogens is 454 g/mol. The number of benzene rings is 2. The Morgan fingerprint density at radius 1 is 0.889 bits per heavy atom. The zero-order valence-electron chi connectivity index (χ0n) is 21.4. The molecule has 1 aromatic heterocycles. The van der Waals surface area contributed by atoms with Gasteiger partial charge in [0.05, 0.1) is 0 Å². The van der Waals surface area contributed by atoms with E-state index in [4.69, 9.17) is 9.47 Å². The molecule has 2 N–H and O–H groups in total. The molecule has 0 saturated heterocycles. The van der Waals surface area contributed by atoms with Crippen LogP contribution in [0.15, 0.2) is 73.1 Å². The third-order valence-electron chi connectivity index (χ3n) is 5.29. The topological polar surface area (TPSA) is 89.5 Å². The van der Waals surface area contributed by atoms with Gasteiger partial charge in [0.1, 0.15) is 24.0 Å². The van der Waals surface area contributed by atoms with E-state index in [0.29, 0.717) is 24.5 Å². The first-order valence-corrected chi connectivity index (χ1v) is 12.2. The molecule has 1 atom stereocenters. The van der Waals surface area contributed by atoms with E-state index in [2.05, 4.69) is 22.5 Å². The number of anilines is 1. The lowest BCUT2D eigenvalue weighted by Crippen LogP contribution is -2.47. The van der Waals surface area contributed by atoms with Gasteiger partial charge in [-0.15, -0.1) is 0 Å². The lowest BCUT2D eigenvalue weighted by Gasteiger charge is -2.23. The van der Waals surface area contributed by atoms with Gasteiger partial charge in [0.2, 0.25) is 5.91 Å². The third kappa shape index (κ3) is 9.06. The van der Waals surface area contributed by atoms with Crippen molar-refractivity contribution in [3.05, 3.63) is 89.7 Å². The van der Waals surface area contributed by atoms with Crippen LogP contribution in [0.4, 0.5) is 10.5 Å². The van der Waals surface area contributed by atoms with Gasteiger partial charge < -0.3 is 20.1 Å². The summed E-state index contributed by atoms with van der Waals surface area (Å²) in [4.78, 5) is 29.6. The van der Waals surface area contributed by atoms with E-state index < -0.39 is 17.7 Å². The Bertz CT molecular complexity index is 1110. The highest BCUT2D eigenvalue weighted by atomic mass is 16.6. The smallest absolute Gasteiger partial charge is 0.408 e. The van der Waals surface area contributed by atoms with E-state index in [-0.39, 0.29) is 5.91 Å². The average Bonchev–Trinajstić information content (AvgIpc) is 2.84. The van der Waals surface area contributed by atoms with E-state index in [9.17, 15) is 9.59 Å². The molecule has 0 unspecified atom stereocenters. The van der Waals surface area contributed by atoms with Crippen molar-refractivity contribution < 1.29 is 19.1 Å². The molecule has 3 aromatic rings. The van der Waals surface area contributed by atoms with E-state index in [1.54, 1.807) is 33.2 Å². The zero-order chi connectivity index (χ0) is 26.0. The fourth-order valence-corrected chi connectivity index (χ4v) is 3.54. The molecule has 0 saturated carbocycles. The summed E-state index contributed by atoms with van der Waals surface area (Å²) in [7, 11) is 0. The summed E-state index contributed by atoms with van der Waals surface area (Å²) in [6.07, 6.45) is 5.15. The number of alkyl carbamates (subject to hydrolysis) is 1. The Hall–Kier alpha value is -3.87. The van der Waals surface area contributed by atoms with E-state index >= 15 is 0 Å². The summed E-state index contributed by atoms with van der Waals surface area (Å²) >= 11 is 0. The predicted molar refractivity (Wildman–Crippen MR) is 141 cm³/mol. The average molecular weight is 490 g/mol. The number of nitrogens with zero attached hydrogens (tertiary/aromatic N) is 1. The molecule has 36 heavy (non-hydrogen) atoms. The largest absolute Gasteiger partial charge is 0.489 e. The highest BCUT2D eigenvalue weighted by Crippen LogP contribution is 2.17. The Labute approximate surface area is 213 Å². The zero-order valence-corrected chi connectivity index (χ0v) is 21.4. The van der Waals surface area contributed by atoms with Crippen molar-refractivity contribution >= 4 is 17.7 Å². The molecule has 0 bridgehead atoms. The third-order valence-corrected chi connectivity index (χ3v) is 5.29. The minimum Gasteiger partial charge on any atom is -0.489 e. The first-order chi connectivity index (χ1) is 17.2. The second-order valence-corrected chi connectivity index (χ2v) is 9.63. The maximum Gasteiger partial charge on any atom is 0.408 e. The van der Waals surface area contributed by atoms with E-state index in [1.807, 2.05) is 60.7 Å². The molecule has 190 valence electrons. The number of carbonyl (C=O) groups excluding carboxylic acids is 2. The number of hydrogen-bond acceptors (Lipinski definition) is 5. The molecular formula is C29H35N3O4. The van der Waals surface area contributed by atoms with Gasteiger partial charge in [0.15, 0.2) is 0 Å². The summed E-state index contributed by atoms with van der Waals surface area (Å²) in [5, 5.41) is 5.64. The number of pyridine rings is 1. The van der Waals surface area contributed by atoms with Crippen molar-refractivity contribution in [3.8, 4) is 5.75 Å². The van der Waals surface area contributed by atoms with Gasteiger partial charge in [0.25, 0.3) is 0 Å². The van der Waals surface area contributed by atoms with Crippen LogP contribution in [0.25, 0.3) is 0 Å². The Morgan fingerprint density at radius 2 is 1.53 bits per heavy atom. The van der Waals surface area contributed by atoms with Gasteiger partial charge >= 0.3 is 6.09 Å². The van der Waals surface area contributed by atoms with Crippen molar-refractivity contribution in [1.82, 2.24) is 10.3 Å². The lowest BCUT2D eigenvalue weighted by molar-refractivity contribution is -0.118. The van der Waals surface area contributed by atoms with Crippen molar-refractivity contribution in [2.75, 3.05) is 5.32 Å². The van der Waals surface area contributed by atoms with Crippen molar-refractivity contribution in [2.45, 2.75) is 65.2 Å². The van der Waals surface area contributed by atoms with Crippen LogP contribution >= 0.6 is 0 Å². The summed E-state index contributed by atoms with van der Waals surface area (Å²) in [6.45, 7) is 7.91. The van der Waals surface area contributed by atoms with E-state index in [1.165, 1.54) is 5.56 Å². The number of rotatable bonds is 10. The van der Waals surface area contributed by atoms with Crippen LogP contribution in [-0.4, -0.2) is 28.6 Å². The lowest BCUT2D eigenvalue weighted by atomic mass is 10.0. The summed E-state index contributed by atoms with van der Waals surface area (Å²) in [5.41, 5.74) is 3.12. The summed E-state index contributed by atoms with van der Waals surface area (Å²) in [5.74, 6) is 0.394. The Balaban J connectivity index is 1.67. The minimum absolute atomic E-state index is 0.295. The second-order valence-electron chi connectivity index (χ2n) is 9.63. The molecule has 7 heteroatoms. The van der Waals surface area contributed by atoms with Gasteiger partial charge in [-0.05, 0) is 80.3 Å². The monoisotopic (exact) mass is 489 g/mol. The van der Waals surface area contributed by atoms with Crippen molar-refractivity contribution in [3.63, 3.8) is 0 Å². The standard InChI is InChI=1S/C29H35N3O4/c1-5-6-21-7-11-24(12-8-21)31-27(33)26(32-28(34)36-29(2,3)4)19-22-9-13-25(14-10-22)35-20-23-15-17-30-18-16-23/h7-18,26H,5-6,19-20H2,1-4H3,(H,31,33)(H,32,34)/t26-/m0/s1. The van der Waals surface area contributed by atoms with Crippen LogP contribution in [0.3, 0.4) is 0 Å². The fraction of sp³-hybridized carbons (Fsp3) is 0.345. The fourth-order valence-electron chi connectivity index (χ4n) is 3.54. The van der Waals surface area contributed by atoms with Crippen molar-refractivity contribution in [2.24, 2.45) is 0 Å². The number of ether oxygens (including phenoxy) is 2. The Kier molecular flexibility index (Phi) is 9.45. The minimum atomic E-state index is -0.821. The molecule has 7 nitrogen and oxygen atoms in total. The van der Waals surface area contributed by atoms with Gasteiger partial charge in [-0.3, -0.25) is 9.78 Å². The van der Waals surface area contributed by atoms with Crippen LogP contribution < -0.4 is 15.4 Å². The van der Waals surface area contributed by atoms with Gasteiger partial charge in [-0.25, -0.2) is 4.79 Å². The number of aromatic nitrogens is 1. The second kappa shape index (κ2) is 12.7. The molecule has 2 aromatic carbocycles. The maximum atomic E-state index is 13.1. The quantitative estimate of drug-likeness (QED) is 0.382. The molecule has 1 heterocycles. The molecule has 3 rings (SSSR count). The first-order valence-electron chi connectivity index (χ1n) is 12.2. The number of aryl methyl sites for hydroxylation is 1. The number of carbonyl (C=O) groups is 2. The number of hydrogen-bond donors (Lipinski definition) is 2. The van der Waals surface area contributed by atoms with Crippen LogP contribution in [0, 0.1) is 0 Å². The Morgan fingerprint density at radius 3 is 2.14 bits per heavy atom. The van der Waals surface area contributed by atoms with Crippen LogP contribution in [0.2, 0.25) is 0 Å². The van der Waals surface area contributed by atoms with Crippen molar-refractivity contribution in [1.29, 1.82) is 0 Å². The highest BCUT2D eigenvalue weighted by Gasteiger charge is 2.25. The van der Waals surface area contributed by atoms with Crippen LogP contribution in [-0.2, 0) is 29.0 Å². The number of amides is 2. The van der Waals surface area contributed by atoms with Crippen LogP contribution in [0.1, 0.15) is 50.8 Å².